The minimum Gasteiger partial charge on any atom is -0.348 e. The quantitative estimate of drug-likeness (QED) is 0.722. The molecule has 1 aromatic heterocycles. The molecule has 154 valence electrons. The number of carbonyl (C=O) groups is 2. The number of carbonyl (C=O) groups excluding carboxylic acids is 2. The Morgan fingerprint density at radius 2 is 2.03 bits per heavy atom. The molecule has 2 N–H and O–H groups in total. The molecule has 0 radical (unpaired) electrons. The van der Waals surface area contributed by atoms with Crippen molar-refractivity contribution in [1.82, 2.24) is 15.2 Å². The van der Waals surface area contributed by atoms with E-state index in [2.05, 4.69) is 15.6 Å². The predicted octanol–water partition coefficient (Wildman–Crippen LogP) is 3.92. The molecule has 2 atom stereocenters. The molecule has 1 aliphatic heterocycles. The van der Waals surface area contributed by atoms with Crippen molar-refractivity contribution in [3.8, 4) is 0 Å². The van der Waals surface area contributed by atoms with E-state index < -0.39 is 0 Å². The molecule has 8 heteroatoms. The number of piperidine rings is 1. The summed E-state index contributed by atoms with van der Waals surface area (Å²) in [6.45, 7) is 3.48. The summed E-state index contributed by atoms with van der Waals surface area (Å²) in [6.07, 6.45) is 3.14. The lowest BCUT2D eigenvalue weighted by atomic mass is 9.97. The van der Waals surface area contributed by atoms with Crippen molar-refractivity contribution in [2.45, 2.75) is 25.8 Å². The number of rotatable bonds is 6. The second-order valence-corrected chi connectivity index (χ2v) is 8.08. The van der Waals surface area contributed by atoms with E-state index in [1.807, 2.05) is 36.1 Å². The third-order valence-corrected chi connectivity index (χ3v) is 5.54. The van der Waals surface area contributed by atoms with Gasteiger partial charge in [0.25, 0.3) is 0 Å². The van der Waals surface area contributed by atoms with Gasteiger partial charge in [0, 0.05) is 17.8 Å². The molecular formula is C21H24Cl2N4O2. The molecule has 2 unspecified atom stereocenters. The molecule has 2 heterocycles. The number of amides is 2. The van der Waals surface area contributed by atoms with E-state index in [0.717, 1.165) is 24.9 Å². The van der Waals surface area contributed by atoms with E-state index in [1.54, 1.807) is 12.1 Å². The van der Waals surface area contributed by atoms with Crippen LogP contribution in [0.15, 0.2) is 42.6 Å². The molecule has 2 amide bonds. The van der Waals surface area contributed by atoms with Crippen LogP contribution in [0.2, 0.25) is 10.0 Å². The van der Waals surface area contributed by atoms with Crippen LogP contribution in [0.25, 0.3) is 0 Å². The maximum atomic E-state index is 12.6. The number of hydrogen-bond donors (Lipinski definition) is 2. The van der Waals surface area contributed by atoms with Crippen molar-refractivity contribution in [3.63, 3.8) is 0 Å². The van der Waals surface area contributed by atoms with Crippen LogP contribution >= 0.6 is 23.2 Å². The van der Waals surface area contributed by atoms with Crippen LogP contribution in [0.4, 0.5) is 5.82 Å². The van der Waals surface area contributed by atoms with Crippen LogP contribution < -0.4 is 10.6 Å². The molecule has 1 fully saturated rings. The maximum absolute atomic E-state index is 12.6. The zero-order valence-electron chi connectivity index (χ0n) is 16.2. The lowest BCUT2D eigenvalue weighted by Gasteiger charge is -2.31. The smallest absolute Gasteiger partial charge is 0.234 e. The summed E-state index contributed by atoms with van der Waals surface area (Å²) in [7, 11) is 0. The van der Waals surface area contributed by atoms with Gasteiger partial charge in [-0.25, -0.2) is 4.98 Å². The number of benzene rings is 1. The van der Waals surface area contributed by atoms with Crippen LogP contribution in [-0.4, -0.2) is 41.3 Å². The zero-order valence-corrected chi connectivity index (χ0v) is 17.7. The van der Waals surface area contributed by atoms with Gasteiger partial charge in [-0.3, -0.25) is 14.5 Å². The number of nitrogens with one attached hydrogen (secondary N) is 2. The van der Waals surface area contributed by atoms with Crippen LogP contribution in [0, 0.1) is 5.92 Å². The summed E-state index contributed by atoms with van der Waals surface area (Å²) in [5, 5.41) is 6.96. The Labute approximate surface area is 180 Å². The van der Waals surface area contributed by atoms with E-state index in [4.69, 9.17) is 23.2 Å². The van der Waals surface area contributed by atoms with Crippen molar-refractivity contribution in [1.29, 1.82) is 0 Å². The molecular weight excluding hydrogens is 411 g/mol. The van der Waals surface area contributed by atoms with Crippen LogP contribution in [0.5, 0.6) is 0 Å². The molecule has 3 rings (SSSR count). The first-order chi connectivity index (χ1) is 13.9. The summed E-state index contributed by atoms with van der Waals surface area (Å²) in [4.78, 5) is 31.2. The van der Waals surface area contributed by atoms with E-state index in [0.29, 0.717) is 22.4 Å². The van der Waals surface area contributed by atoms with Gasteiger partial charge in [0.05, 0.1) is 23.5 Å². The molecule has 0 spiro atoms. The predicted molar refractivity (Wildman–Crippen MR) is 115 cm³/mol. The van der Waals surface area contributed by atoms with Gasteiger partial charge in [0.2, 0.25) is 11.8 Å². The second-order valence-electron chi connectivity index (χ2n) is 7.24. The van der Waals surface area contributed by atoms with Gasteiger partial charge in [0.1, 0.15) is 5.82 Å². The molecule has 0 aliphatic carbocycles. The van der Waals surface area contributed by atoms with Crippen molar-refractivity contribution in [2.75, 3.05) is 25.0 Å². The van der Waals surface area contributed by atoms with Crippen molar-refractivity contribution < 1.29 is 9.59 Å². The fourth-order valence-corrected chi connectivity index (χ4v) is 3.90. The van der Waals surface area contributed by atoms with E-state index in [1.165, 1.54) is 6.20 Å². The Balaban J connectivity index is 1.51. The average molecular weight is 435 g/mol. The standard InChI is InChI=1S/C21H24Cl2N4O2/c1-14(17-6-2-3-7-18(17)23)25-20(28)13-27-10-4-5-15(12-27)21(29)26-19-9-8-16(22)11-24-19/h2-3,6-9,11,14-15H,4-5,10,12-13H2,1H3,(H,25,28)(H,24,26,29). The van der Waals surface area contributed by atoms with Gasteiger partial charge in [-0.15, -0.1) is 0 Å². The second kappa shape index (κ2) is 10.1. The number of anilines is 1. The third kappa shape index (κ3) is 6.16. The van der Waals surface area contributed by atoms with Gasteiger partial charge < -0.3 is 10.6 Å². The minimum atomic E-state index is -0.185. The first-order valence-electron chi connectivity index (χ1n) is 9.61. The Morgan fingerprint density at radius 1 is 1.24 bits per heavy atom. The number of aromatic nitrogens is 1. The van der Waals surface area contributed by atoms with E-state index in [9.17, 15) is 9.59 Å². The van der Waals surface area contributed by atoms with Crippen molar-refractivity contribution in [3.05, 3.63) is 58.2 Å². The van der Waals surface area contributed by atoms with Gasteiger partial charge in [-0.2, -0.15) is 0 Å². The van der Waals surface area contributed by atoms with E-state index >= 15 is 0 Å². The Hall–Kier alpha value is -2.15. The first-order valence-corrected chi connectivity index (χ1v) is 10.4. The molecule has 6 nitrogen and oxygen atoms in total. The van der Waals surface area contributed by atoms with Gasteiger partial charge in [-0.1, -0.05) is 41.4 Å². The number of halogens is 2. The summed E-state index contributed by atoms with van der Waals surface area (Å²) >= 11 is 12.0. The number of likely N-dealkylation sites (tertiary alicyclic amines) is 1. The first kappa shape index (κ1) is 21.6. The summed E-state index contributed by atoms with van der Waals surface area (Å²) in [5.41, 5.74) is 0.883. The maximum Gasteiger partial charge on any atom is 0.234 e. The van der Waals surface area contributed by atoms with Gasteiger partial charge in [0.15, 0.2) is 0 Å². The lowest BCUT2D eigenvalue weighted by Crippen LogP contribution is -2.45. The summed E-state index contributed by atoms with van der Waals surface area (Å²) in [5.74, 6) is 0.116. The highest BCUT2D eigenvalue weighted by Gasteiger charge is 2.27. The normalized spacial score (nSPS) is 18.1. The highest BCUT2D eigenvalue weighted by atomic mass is 35.5. The molecule has 1 aromatic carbocycles. The molecule has 1 aliphatic rings. The number of pyridine rings is 1. The Kier molecular flexibility index (Phi) is 7.47. The zero-order chi connectivity index (χ0) is 20.8. The monoisotopic (exact) mass is 434 g/mol. The molecule has 1 saturated heterocycles. The fourth-order valence-electron chi connectivity index (χ4n) is 3.49. The third-order valence-electron chi connectivity index (χ3n) is 4.97. The lowest BCUT2D eigenvalue weighted by molar-refractivity contribution is -0.126. The fraction of sp³-hybridized carbons (Fsp3) is 0.381. The highest BCUT2D eigenvalue weighted by Crippen LogP contribution is 2.22. The Morgan fingerprint density at radius 3 is 2.76 bits per heavy atom. The van der Waals surface area contributed by atoms with Crippen molar-refractivity contribution >= 4 is 40.8 Å². The average Bonchev–Trinajstić information content (AvgIpc) is 2.70. The molecule has 0 saturated carbocycles. The molecule has 29 heavy (non-hydrogen) atoms. The highest BCUT2D eigenvalue weighted by molar-refractivity contribution is 6.31. The van der Waals surface area contributed by atoms with Crippen LogP contribution in [-0.2, 0) is 9.59 Å². The van der Waals surface area contributed by atoms with Crippen LogP contribution in [0.1, 0.15) is 31.4 Å². The number of nitrogens with zero attached hydrogens (tertiary/aromatic N) is 2. The topological polar surface area (TPSA) is 74.3 Å². The summed E-state index contributed by atoms with van der Waals surface area (Å²) in [6, 6.07) is 10.6. The number of hydrogen-bond acceptors (Lipinski definition) is 4. The SMILES string of the molecule is CC(NC(=O)CN1CCCC(C(=O)Nc2ccc(Cl)cn2)C1)c1ccccc1Cl. The Bertz CT molecular complexity index is 860. The molecule has 2 aromatic rings. The largest absolute Gasteiger partial charge is 0.348 e. The summed E-state index contributed by atoms with van der Waals surface area (Å²) < 4.78 is 0. The molecule has 0 bridgehead atoms. The van der Waals surface area contributed by atoms with Gasteiger partial charge in [-0.05, 0) is 50.1 Å². The van der Waals surface area contributed by atoms with Crippen molar-refractivity contribution in [2.24, 2.45) is 5.92 Å². The van der Waals surface area contributed by atoms with Gasteiger partial charge >= 0.3 is 0 Å². The van der Waals surface area contributed by atoms with E-state index in [-0.39, 0.29) is 30.3 Å². The minimum absolute atomic E-state index is 0.0853. The van der Waals surface area contributed by atoms with Crippen LogP contribution in [0.3, 0.4) is 0 Å².